The summed E-state index contributed by atoms with van der Waals surface area (Å²) in [5.74, 6) is -1.30. The van der Waals surface area contributed by atoms with Crippen LogP contribution in [0.2, 0.25) is 0 Å². The molecule has 13 heteroatoms. The van der Waals surface area contributed by atoms with E-state index >= 15 is 0 Å². The molecule has 37 heavy (non-hydrogen) atoms. The Morgan fingerprint density at radius 2 is 1.95 bits per heavy atom. The van der Waals surface area contributed by atoms with E-state index in [4.69, 9.17) is 14.9 Å². The van der Waals surface area contributed by atoms with Gasteiger partial charge < -0.3 is 30.3 Å². The zero-order valence-electron chi connectivity index (χ0n) is 20.0. The topological polar surface area (TPSA) is 146 Å². The molecule has 2 aromatic heterocycles. The minimum absolute atomic E-state index is 0.0255. The molecular formula is C24H25F3N6O4. The number of hydrogen-bond donors (Lipinski definition) is 4. The van der Waals surface area contributed by atoms with Gasteiger partial charge in [0.05, 0.1) is 43.1 Å². The van der Waals surface area contributed by atoms with Gasteiger partial charge in [0.1, 0.15) is 11.6 Å². The fourth-order valence-electron chi connectivity index (χ4n) is 2.97. The molecule has 0 aliphatic carbocycles. The van der Waals surface area contributed by atoms with E-state index in [9.17, 15) is 23.1 Å². The summed E-state index contributed by atoms with van der Waals surface area (Å²) in [6, 6.07) is 4.80. The maximum atomic E-state index is 13.2. The minimum atomic E-state index is -4.59. The Bertz CT molecular complexity index is 1270. The van der Waals surface area contributed by atoms with Crippen LogP contribution in [0.5, 0.6) is 5.88 Å². The normalized spacial score (nSPS) is 12.1. The van der Waals surface area contributed by atoms with Crippen molar-refractivity contribution in [2.24, 2.45) is 0 Å². The molecule has 2 heterocycles. The largest absolute Gasteiger partial charge is 0.476 e. The Morgan fingerprint density at radius 1 is 1.19 bits per heavy atom. The van der Waals surface area contributed by atoms with E-state index in [-0.39, 0.29) is 47.7 Å². The molecule has 0 unspecified atom stereocenters. The van der Waals surface area contributed by atoms with E-state index < -0.39 is 23.4 Å². The standard InChI is InChI=1S/C24H25F3N6O4/c1-23(2,35)37-11-5-10-36-21-14-29-12-18(31-21)22(34)33-20-13-30-19(32-20)9-8-17(28)15-6-3-4-7-16(15)24(25,26)27/h3-4,6-9,12-14,28,35H,5,10-11H2,1-2H3,(H,30,32)(H,33,34)/b9-8-,28-17?. The van der Waals surface area contributed by atoms with Crippen molar-refractivity contribution in [1.29, 1.82) is 5.41 Å². The minimum Gasteiger partial charge on any atom is -0.476 e. The molecule has 10 nitrogen and oxygen atoms in total. The number of ether oxygens (including phenoxy) is 2. The number of imidazole rings is 1. The van der Waals surface area contributed by atoms with Gasteiger partial charge in [-0.2, -0.15) is 13.2 Å². The highest BCUT2D eigenvalue weighted by Crippen LogP contribution is 2.32. The number of anilines is 1. The van der Waals surface area contributed by atoms with Crippen LogP contribution in [-0.2, 0) is 10.9 Å². The lowest BCUT2D eigenvalue weighted by Gasteiger charge is -2.17. The quantitative estimate of drug-likeness (QED) is 0.170. The highest BCUT2D eigenvalue weighted by molar-refractivity contribution is 6.09. The summed E-state index contributed by atoms with van der Waals surface area (Å²) < 4.78 is 50.2. The summed E-state index contributed by atoms with van der Waals surface area (Å²) in [6.07, 6.45) is 2.28. The number of nitrogens with zero attached hydrogens (tertiary/aromatic N) is 3. The lowest BCUT2D eigenvalue weighted by Crippen LogP contribution is -2.24. The van der Waals surface area contributed by atoms with Gasteiger partial charge in [0.25, 0.3) is 5.91 Å². The van der Waals surface area contributed by atoms with Crippen LogP contribution in [-0.4, -0.2) is 55.7 Å². The summed E-state index contributed by atoms with van der Waals surface area (Å²) in [7, 11) is 0. The number of nitrogens with one attached hydrogen (secondary N) is 3. The van der Waals surface area contributed by atoms with Crippen molar-refractivity contribution >= 4 is 23.5 Å². The maximum absolute atomic E-state index is 13.2. The van der Waals surface area contributed by atoms with Crippen molar-refractivity contribution in [3.05, 3.63) is 71.6 Å². The van der Waals surface area contributed by atoms with Gasteiger partial charge in [0.15, 0.2) is 11.5 Å². The first-order chi connectivity index (χ1) is 17.4. The SMILES string of the molecule is CC(C)(O)OCCCOc1cncc(C(=O)Nc2cnc(/C=C\C(=N)c3ccccc3C(F)(F)F)[nH]2)n1. The summed E-state index contributed by atoms with van der Waals surface area (Å²) in [4.78, 5) is 27.3. The molecule has 0 fully saturated rings. The average molecular weight is 518 g/mol. The van der Waals surface area contributed by atoms with Crippen molar-refractivity contribution in [3.63, 3.8) is 0 Å². The monoisotopic (exact) mass is 518 g/mol. The smallest absolute Gasteiger partial charge is 0.417 e. The fraction of sp³-hybridized carbons (Fsp3) is 0.292. The Balaban J connectivity index is 1.57. The number of amides is 1. The Hall–Kier alpha value is -4.10. The van der Waals surface area contributed by atoms with Gasteiger partial charge in [-0.1, -0.05) is 18.2 Å². The number of aromatic amines is 1. The van der Waals surface area contributed by atoms with Crippen molar-refractivity contribution in [3.8, 4) is 5.88 Å². The summed E-state index contributed by atoms with van der Waals surface area (Å²) in [5.41, 5.74) is -1.56. The number of alkyl halides is 3. The second-order valence-corrected chi connectivity index (χ2v) is 8.17. The molecule has 1 aromatic carbocycles. The first-order valence-corrected chi connectivity index (χ1v) is 11.0. The lowest BCUT2D eigenvalue weighted by molar-refractivity contribution is -0.176. The van der Waals surface area contributed by atoms with Crippen LogP contribution in [0.1, 0.15) is 47.7 Å². The molecule has 0 aliphatic rings. The number of allylic oxidation sites excluding steroid dienone is 1. The van der Waals surface area contributed by atoms with Crippen LogP contribution in [0.15, 0.2) is 48.9 Å². The number of carbonyl (C=O) groups is 1. The average Bonchev–Trinajstić information content (AvgIpc) is 3.28. The second-order valence-electron chi connectivity index (χ2n) is 8.17. The Labute approximate surface area is 210 Å². The number of rotatable bonds is 11. The second kappa shape index (κ2) is 11.8. The number of benzene rings is 1. The van der Waals surface area contributed by atoms with E-state index in [0.717, 1.165) is 6.07 Å². The number of hydrogen-bond acceptors (Lipinski definition) is 8. The van der Waals surface area contributed by atoms with E-state index in [1.807, 2.05) is 0 Å². The van der Waals surface area contributed by atoms with Gasteiger partial charge >= 0.3 is 6.18 Å². The molecule has 0 aliphatic heterocycles. The van der Waals surface area contributed by atoms with Crippen molar-refractivity contribution in [2.75, 3.05) is 18.5 Å². The van der Waals surface area contributed by atoms with Gasteiger partial charge in [-0.15, -0.1) is 0 Å². The molecule has 0 spiro atoms. The highest BCUT2D eigenvalue weighted by atomic mass is 19.4. The predicted octanol–water partition coefficient (Wildman–Crippen LogP) is 4.07. The number of aromatic nitrogens is 4. The highest BCUT2D eigenvalue weighted by Gasteiger charge is 2.33. The van der Waals surface area contributed by atoms with Gasteiger partial charge in [0.2, 0.25) is 5.88 Å². The molecule has 0 radical (unpaired) electrons. The molecule has 196 valence electrons. The molecule has 4 N–H and O–H groups in total. The third-order valence-electron chi connectivity index (χ3n) is 4.61. The van der Waals surface area contributed by atoms with Crippen molar-refractivity contribution in [1.82, 2.24) is 19.9 Å². The Kier molecular flexibility index (Phi) is 8.73. The number of H-pyrrole nitrogens is 1. The first kappa shape index (κ1) is 27.5. The molecule has 0 atom stereocenters. The summed E-state index contributed by atoms with van der Waals surface area (Å²) in [5, 5.41) is 20.1. The molecule has 3 aromatic rings. The molecule has 1 amide bonds. The van der Waals surface area contributed by atoms with E-state index in [1.54, 1.807) is 0 Å². The van der Waals surface area contributed by atoms with Crippen LogP contribution in [0.25, 0.3) is 6.08 Å². The van der Waals surface area contributed by atoms with E-state index in [2.05, 4.69) is 25.3 Å². The molecule has 3 rings (SSSR count). The third-order valence-corrected chi connectivity index (χ3v) is 4.61. The molecule has 0 saturated heterocycles. The van der Waals surface area contributed by atoms with Crippen LogP contribution in [0.4, 0.5) is 19.0 Å². The number of carbonyl (C=O) groups excluding carboxylic acids is 1. The van der Waals surface area contributed by atoms with Crippen LogP contribution >= 0.6 is 0 Å². The Morgan fingerprint density at radius 3 is 2.68 bits per heavy atom. The molecular weight excluding hydrogens is 493 g/mol. The van der Waals surface area contributed by atoms with E-state index in [0.29, 0.717) is 6.42 Å². The van der Waals surface area contributed by atoms with Gasteiger partial charge in [-0.25, -0.2) is 9.97 Å². The van der Waals surface area contributed by atoms with Crippen molar-refractivity contribution < 1.29 is 32.5 Å². The summed E-state index contributed by atoms with van der Waals surface area (Å²) >= 11 is 0. The fourth-order valence-corrected chi connectivity index (χ4v) is 2.97. The molecule has 0 saturated carbocycles. The summed E-state index contributed by atoms with van der Waals surface area (Å²) in [6.45, 7) is 3.53. The maximum Gasteiger partial charge on any atom is 0.417 e. The zero-order chi connectivity index (χ0) is 27.1. The van der Waals surface area contributed by atoms with E-state index in [1.165, 1.54) is 62.8 Å². The van der Waals surface area contributed by atoms with Crippen LogP contribution in [0, 0.1) is 5.41 Å². The predicted molar refractivity (Wildman–Crippen MR) is 128 cm³/mol. The first-order valence-electron chi connectivity index (χ1n) is 11.0. The zero-order valence-corrected chi connectivity index (χ0v) is 20.0. The van der Waals surface area contributed by atoms with Gasteiger partial charge in [0, 0.05) is 12.0 Å². The van der Waals surface area contributed by atoms with Crippen LogP contribution < -0.4 is 10.1 Å². The van der Waals surface area contributed by atoms with Gasteiger partial charge in [-0.3, -0.25) is 9.78 Å². The van der Waals surface area contributed by atoms with Gasteiger partial charge in [-0.05, 0) is 32.1 Å². The third kappa shape index (κ3) is 8.51. The number of halogens is 3. The number of aliphatic hydroxyl groups is 1. The molecule has 0 bridgehead atoms. The van der Waals surface area contributed by atoms with Crippen LogP contribution in [0.3, 0.4) is 0 Å². The van der Waals surface area contributed by atoms with Crippen molar-refractivity contribution in [2.45, 2.75) is 32.2 Å². The lowest BCUT2D eigenvalue weighted by atomic mass is 10.0.